The van der Waals surface area contributed by atoms with Crippen LogP contribution in [-0.2, 0) is 12.8 Å². The van der Waals surface area contributed by atoms with Gasteiger partial charge in [0.25, 0.3) is 0 Å². The number of carbonyl (C=O) groups excluding carboxylic acids is 1. The topological polar surface area (TPSA) is 40.9 Å². The number of nitrogens with zero attached hydrogens (tertiary/aromatic N) is 1. The van der Waals surface area contributed by atoms with Crippen LogP contribution in [0.4, 0.5) is 0 Å². The first kappa shape index (κ1) is 11.2. The van der Waals surface area contributed by atoms with E-state index < -0.39 is 0 Å². The number of Topliss-reactive ketones (excluding diaryl/α,β-unsaturated/α-hetero) is 1. The zero-order chi connectivity index (χ0) is 11.4. The second kappa shape index (κ2) is 5.18. The van der Waals surface area contributed by atoms with Crippen molar-refractivity contribution in [3.8, 4) is 5.40 Å². The molecule has 0 radical (unpaired) electrons. The molecule has 0 unspecified atom stereocenters. The zero-order valence-electron chi connectivity index (χ0n) is 9.03. The first-order valence-electron chi connectivity index (χ1n) is 5.47. The van der Waals surface area contributed by atoms with Crippen molar-refractivity contribution >= 4 is 17.5 Å². The molecule has 2 nitrogen and oxygen atoms in total. The fourth-order valence-corrected chi connectivity index (χ4v) is 2.45. The van der Waals surface area contributed by atoms with Crippen molar-refractivity contribution < 1.29 is 4.79 Å². The minimum atomic E-state index is 0.0555. The average molecular weight is 231 g/mol. The number of hydrogen-bond donors (Lipinski definition) is 0. The molecule has 82 valence electrons. The van der Waals surface area contributed by atoms with Crippen molar-refractivity contribution in [2.75, 3.05) is 5.75 Å². The second-order valence-corrected chi connectivity index (χ2v) is 4.75. The molecule has 0 aliphatic heterocycles. The lowest BCUT2D eigenvalue weighted by Crippen LogP contribution is -2.07. The highest BCUT2D eigenvalue weighted by atomic mass is 32.2. The molecule has 1 aliphatic carbocycles. The predicted octanol–water partition coefficient (Wildman–Crippen LogP) is 2.96. The molecule has 3 heteroatoms. The normalized spacial score (nSPS) is 13.9. The number of ketones is 1. The molecule has 1 aromatic rings. The number of fused-ring (bicyclic) bond motifs is 1. The van der Waals surface area contributed by atoms with Crippen LogP contribution in [0.3, 0.4) is 0 Å². The van der Waals surface area contributed by atoms with E-state index in [1.54, 1.807) is 0 Å². The maximum absolute atomic E-state index is 11.7. The lowest BCUT2D eigenvalue weighted by Gasteiger charge is -2.15. The van der Waals surface area contributed by atoms with Gasteiger partial charge in [-0.3, -0.25) is 4.79 Å². The Hall–Kier alpha value is -1.27. The van der Waals surface area contributed by atoms with E-state index in [9.17, 15) is 4.79 Å². The van der Waals surface area contributed by atoms with Crippen molar-refractivity contribution in [2.24, 2.45) is 0 Å². The number of benzene rings is 1. The summed E-state index contributed by atoms with van der Waals surface area (Å²) in [6.07, 6.45) is 4.70. The summed E-state index contributed by atoms with van der Waals surface area (Å²) >= 11 is 1.00. The second-order valence-electron chi connectivity index (χ2n) is 3.99. The summed E-state index contributed by atoms with van der Waals surface area (Å²) in [5.41, 5.74) is 3.46. The Morgan fingerprint density at radius 2 is 2.06 bits per heavy atom. The molecular weight excluding hydrogens is 218 g/mol. The van der Waals surface area contributed by atoms with Gasteiger partial charge in [0.05, 0.1) is 5.75 Å². The van der Waals surface area contributed by atoms with Gasteiger partial charge in [0.15, 0.2) is 5.78 Å². The van der Waals surface area contributed by atoms with Gasteiger partial charge in [-0.1, -0.05) is 12.1 Å². The minimum Gasteiger partial charge on any atom is -0.293 e. The molecule has 0 atom stereocenters. The maximum atomic E-state index is 11.7. The van der Waals surface area contributed by atoms with Gasteiger partial charge in [0.2, 0.25) is 0 Å². The Labute approximate surface area is 99.7 Å². The quantitative estimate of drug-likeness (QED) is 0.593. The standard InChI is InChI=1S/C13H13NOS/c14-9-16-8-13(15)12-6-5-10-3-1-2-4-11(10)7-12/h5-7H,1-4,8H2. The fraction of sp³-hybridized carbons (Fsp3) is 0.385. The molecule has 0 fully saturated rings. The largest absolute Gasteiger partial charge is 0.293 e. The van der Waals surface area contributed by atoms with Gasteiger partial charge < -0.3 is 0 Å². The molecule has 0 aromatic heterocycles. The molecule has 0 heterocycles. The lowest BCUT2D eigenvalue weighted by molar-refractivity contribution is 0.102. The van der Waals surface area contributed by atoms with E-state index in [2.05, 4.69) is 6.07 Å². The molecule has 1 aliphatic rings. The fourth-order valence-electron chi connectivity index (χ4n) is 2.09. The summed E-state index contributed by atoms with van der Waals surface area (Å²) in [7, 11) is 0. The third-order valence-electron chi connectivity index (χ3n) is 2.94. The smallest absolute Gasteiger partial charge is 0.173 e. The predicted molar refractivity (Wildman–Crippen MR) is 65.5 cm³/mol. The van der Waals surface area contributed by atoms with Gasteiger partial charge >= 0.3 is 0 Å². The van der Waals surface area contributed by atoms with Crippen LogP contribution in [-0.4, -0.2) is 11.5 Å². The van der Waals surface area contributed by atoms with E-state index in [0.29, 0.717) is 0 Å². The summed E-state index contributed by atoms with van der Waals surface area (Å²) in [4.78, 5) is 11.7. The van der Waals surface area contributed by atoms with Gasteiger partial charge in [-0.15, -0.1) is 0 Å². The van der Waals surface area contributed by atoms with Crippen LogP contribution in [0.15, 0.2) is 18.2 Å². The van der Waals surface area contributed by atoms with E-state index in [1.807, 2.05) is 17.5 Å². The molecule has 0 N–H and O–H groups in total. The van der Waals surface area contributed by atoms with Crippen molar-refractivity contribution in [1.82, 2.24) is 0 Å². The number of thiocyanates is 1. The first-order chi connectivity index (χ1) is 7.81. The van der Waals surface area contributed by atoms with E-state index in [4.69, 9.17) is 5.26 Å². The molecule has 1 aromatic carbocycles. The van der Waals surface area contributed by atoms with Crippen LogP contribution < -0.4 is 0 Å². The van der Waals surface area contributed by atoms with Gasteiger partial charge in [0.1, 0.15) is 5.40 Å². The van der Waals surface area contributed by atoms with Crippen molar-refractivity contribution in [3.05, 3.63) is 34.9 Å². The summed E-state index contributed by atoms with van der Waals surface area (Å²) in [5.74, 6) is 0.315. The third-order valence-corrected chi connectivity index (χ3v) is 3.47. The van der Waals surface area contributed by atoms with Crippen molar-refractivity contribution in [2.45, 2.75) is 25.7 Å². The number of thioether (sulfide) groups is 1. The molecule has 0 saturated heterocycles. The Morgan fingerprint density at radius 3 is 2.81 bits per heavy atom. The number of rotatable bonds is 3. The SMILES string of the molecule is N#CSCC(=O)c1ccc2c(c1)CCCC2. The monoisotopic (exact) mass is 231 g/mol. The average Bonchev–Trinajstić information content (AvgIpc) is 2.35. The lowest BCUT2D eigenvalue weighted by atomic mass is 9.90. The molecule has 0 saturated carbocycles. The van der Waals surface area contributed by atoms with E-state index in [1.165, 1.54) is 24.0 Å². The number of carbonyl (C=O) groups is 1. The van der Waals surface area contributed by atoms with E-state index in [0.717, 1.165) is 30.2 Å². The summed E-state index contributed by atoms with van der Waals surface area (Å²) < 4.78 is 0. The number of hydrogen-bond acceptors (Lipinski definition) is 3. The summed E-state index contributed by atoms with van der Waals surface area (Å²) in [5, 5.41) is 10.3. The Kier molecular flexibility index (Phi) is 3.63. The van der Waals surface area contributed by atoms with Crippen molar-refractivity contribution in [3.63, 3.8) is 0 Å². The van der Waals surface area contributed by atoms with Crippen LogP contribution in [0.5, 0.6) is 0 Å². The van der Waals surface area contributed by atoms with Gasteiger partial charge in [0, 0.05) is 5.56 Å². The van der Waals surface area contributed by atoms with Crippen LogP contribution in [0, 0.1) is 10.7 Å². The first-order valence-corrected chi connectivity index (χ1v) is 6.45. The Balaban J connectivity index is 2.17. The van der Waals surface area contributed by atoms with E-state index in [-0.39, 0.29) is 11.5 Å². The Bertz CT molecular complexity index is 448. The van der Waals surface area contributed by atoms with Crippen LogP contribution in [0.2, 0.25) is 0 Å². The molecule has 0 spiro atoms. The highest BCUT2D eigenvalue weighted by Gasteiger charge is 2.12. The highest BCUT2D eigenvalue weighted by Crippen LogP contribution is 2.22. The van der Waals surface area contributed by atoms with Gasteiger partial charge in [-0.25, -0.2) is 0 Å². The van der Waals surface area contributed by atoms with E-state index >= 15 is 0 Å². The molecule has 0 amide bonds. The Morgan fingerprint density at radius 1 is 1.31 bits per heavy atom. The van der Waals surface area contributed by atoms with Gasteiger partial charge in [-0.05, 0) is 54.6 Å². The van der Waals surface area contributed by atoms with Crippen LogP contribution >= 0.6 is 11.8 Å². The molecule has 2 rings (SSSR count). The van der Waals surface area contributed by atoms with Crippen LogP contribution in [0.25, 0.3) is 0 Å². The zero-order valence-corrected chi connectivity index (χ0v) is 9.85. The number of nitriles is 1. The number of aryl methyl sites for hydroxylation is 2. The minimum absolute atomic E-state index is 0.0555. The third kappa shape index (κ3) is 2.45. The molecular formula is C13H13NOS. The summed E-state index contributed by atoms with van der Waals surface area (Å²) in [6.45, 7) is 0. The van der Waals surface area contributed by atoms with Crippen molar-refractivity contribution in [1.29, 1.82) is 5.26 Å². The highest BCUT2D eigenvalue weighted by molar-refractivity contribution is 8.04. The maximum Gasteiger partial charge on any atom is 0.173 e. The summed E-state index contributed by atoms with van der Waals surface area (Å²) in [6, 6.07) is 5.97. The molecule has 0 bridgehead atoms. The molecule has 16 heavy (non-hydrogen) atoms. The van der Waals surface area contributed by atoms with Crippen LogP contribution in [0.1, 0.15) is 34.3 Å². The van der Waals surface area contributed by atoms with Gasteiger partial charge in [-0.2, -0.15) is 5.26 Å².